The molecule has 15 rings (SSSR count). The van der Waals surface area contributed by atoms with Gasteiger partial charge in [0.05, 0.1) is 5.69 Å². The first-order chi connectivity index (χ1) is 31.3. The van der Waals surface area contributed by atoms with E-state index in [2.05, 4.69) is 174 Å². The standard InChI is InChI=1S/C53H30B3N3O4/c1-3-15-31(16-4-1)58-37-27-28-57-53-48(37)56(46-38(58)29-44-49-51(46)62-42-25-13-9-21-35(42)54(49)33-19-7-11-23-40(33)60-44)47-39(59(53)32-17-5-2-6-18-32)30-45-50-52(47)63-43-26-14-10-22-36(43)55(50)34-20-8-12-24-41(34)61-45/h1-30H. The molecule has 0 amide bonds. The minimum atomic E-state index is -0.389. The molecular formula is C53H30B3N3O4. The Labute approximate surface area is 364 Å². The molecule has 0 saturated heterocycles. The monoisotopic (exact) mass is 805 g/mol. The van der Waals surface area contributed by atoms with Gasteiger partial charge in [-0.1, -0.05) is 109 Å². The van der Waals surface area contributed by atoms with Crippen molar-refractivity contribution in [3.8, 4) is 46.0 Å². The summed E-state index contributed by atoms with van der Waals surface area (Å²) in [6.07, 6.45) is 1.93. The maximum atomic E-state index is 7.38. The number of pyridine rings is 1. The fraction of sp³-hybridized carbons (Fsp3) is 0. The van der Waals surface area contributed by atoms with Gasteiger partial charge in [-0.05, 0) is 92.8 Å². The molecule has 6 aliphatic heterocycles. The number of rotatable bonds is 2. The Hall–Kier alpha value is -8.10. The summed E-state index contributed by atoms with van der Waals surface area (Å²) in [5.41, 5.74) is 14.5. The number of para-hydroxylation sites is 6. The van der Waals surface area contributed by atoms with Gasteiger partial charge in [-0.3, -0.25) is 4.90 Å². The summed E-state index contributed by atoms with van der Waals surface area (Å²) < 4.78 is 28.7. The topological polar surface area (TPSA) is 56.3 Å². The third-order valence-electron chi connectivity index (χ3n) is 13.7. The first-order valence-corrected chi connectivity index (χ1v) is 21.5. The molecule has 8 aromatic carbocycles. The van der Waals surface area contributed by atoms with Gasteiger partial charge in [0.15, 0.2) is 0 Å². The van der Waals surface area contributed by atoms with Crippen LogP contribution in [0.2, 0.25) is 0 Å². The van der Waals surface area contributed by atoms with Crippen molar-refractivity contribution in [3.63, 3.8) is 0 Å². The van der Waals surface area contributed by atoms with Gasteiger partial charge in [-0.15, -0.1) is 0 Å². The van der Waals surface area contributed by atoms with E-state index in [0.717, 1.165) is 129 Å². The number of nitrogens with zero attached hydrogens (tertiary/aromatic N) is 3. The molecule has 290 valence electrons. The highest BCUT2D eigenvalue weighted by Gasteiger charge is 2.53. The van der Waals surface area contributed by atoms with Crippen LogP contribution in [0.5, 0.6) is 46.0 Å². The lowest BCUT2D eigenvalue weighted by Crippen LogP contribution is -2.67. The van der Waals surface area contributed by atoms with Crippen LogP contribution in [-0.4, -0.2) is 25.1 Å². The molecule has 0 aliphatic carbocycles. The van der Waals surface area contributed by atoms with Crippen LogP contribution in [-0.2, 0) is 0 Å². The van der Waals surface area contributed by atoms with E-state index in [9.17, 15) is 0 Å². The zero-order chi connectivity index (χ0) is 40.9. The maximum absolute atomic E-state index is 7.38. The minimum Gasteiger partial charge on any atom is -0.459 e. The van der Waals surface area contributed by atoms with E-state index in [1.54, 1.807) is 0 Å². The third-order valence-corrected chi connectivity index (χ3v) is 13.7. The summed E-state index contributed by atoms with van der Waals surface area (Å²) in [5.74, 6) is 7.33. The molecule has 7 nitrogen and oxygen atoms in total. The Bertz CT molecular complexity index is 3230. The van der Waals surface area contributed by atoms with Crippen LogP contribution in [0.15, 0.2) is 182 Å². The van der Waals surface area contributed by atoms with Crippen molar-refractivity contribution >= 4 is 104 Å². The van der Waals surface area contributed by atoms with Gasteiger partial charge >= 0.3 is 0 Å². The Morgan fingerprint density at radius 1 is 0.333 bits per heavy atom. The second-order valence-corrected chi connectivity index (χ2v) is 16.9. The minimum absolute atomic E-state index is 0.113. The molecule has 7 heterocycles. The smallest absolute Gasteiger partial charge is 0.263 e. The summed E-state index contributed by atoms with van der Waals surface area (Å²) in [6.45, 7) is -0.614. The quantitative estimate of drug-likeness (QED) is 0.182. The molecule has 10 heteroatoms. The number of hydrogen-bond donors (Lipinski definition) is 0. The lowest BCUT2D eigenvalue weighted by molar-refractivity contribution is 0.466. The van der Waals surface area contributed by atoms with E-state index < -0.39 is 0 Å². The van der Waals surface area contributed by atoms with E-state index in [1.807, 2.05) is 18.3 Å². The Kier molecular flexibility index (Phi) is 6.54. The molecule has 0 unspecified atom stereocenters. The number of aromatic nitrogens is 1. The number of fused-ring (bicyclic) bond motifs is 14. The van der Waals surface area contributed by atoms with Crippen molar-refractivity contribution in [2.45, 2.75) is 0 Å². The molecule has 0 spiro atoms. The predicted molar refractivity (Wildman–Crippen MR) is 254 cm³/mol. The molecule has 6 aliphatic rings. The highest BCUT2D eigenvalue weighted by Crippen LogP contribution is 2.49. The van der Waals surface area contributed by atoms with Crippen molar-refractivity contribution in [2.24, 2.45) is 0 Å². The summed E-state index contributed by atoms with van der Waals surface area (Å²) in [4.78, 5) is 9.98. The molecule has 0 bridgehead atoms. The van der Waals surface area contributed by atoms with Gasteiger partial charge in [-0.25, -0.2) is 4.98 Å². The van der Waals surface area contributed by atoms with Gasteiger partial charge in [-0.2, -0.15) is 0 Å². The van der Waals surface area contributed by atoms with Crippen molar-refractivity contribution in [2.75, 3.05) is 9.80 Å². The zero-order valence-electron chi connectivity index (χ0n) is 33.5. The van der Waals surface area contributed by atoms with Gasteiger partial charge in [0, 0.05) is 52.0 Å². The number of ether oxygens (including phenoxy) is 4. The summed E-state index contributed by atoms with van der Waals surface area (Å²) >= 11 is 0. The SMILES string of the molecule is c1ccc(N2c3ccnc4c3B(c3c2cc2c5c3Oc3ccccc3B5c3ccccc3O2)c2c(cc3c5c2Oc2ccccc2B5c2ccccc2O3)N4c2ccccc2)cc1. The summed E-state index contributed by atoms with van der Waals surface area (Å²) in [6, 6.07) is 61.5. The van der Waals surface area contributed by atoms with E-state index in [0.29, 0.717) is 0 Å². The molecule has 0 N–H and O–H groups in total. The maximum Gasteiger partial charge on any atom is 0.263 e. The third kappa shape index (κ3) is 4.39. The van der Waals surface area contributed by atoms with E-state index in [1.165, 1.54) is 0 Å². The highest BCUT2D eigenvalue weighted by molar-refractivity contribution is 7.05. The molecule has 0 atom stereocenters. The highest BCUT2D eigenvalue weighted by atomic mass is 16.5. The Morgan fingerprint density at radius 2 is 0.746 bits per heavy atom. The molecule has 0 saturated carbocycles. The molecule has 0 radical (unpaired) electrons. The first-order valence-electron chi connectivity index (χ1n) is 21.5. The van der Waals surface area contributed by atoms with Crippen molar-refractivity contribution in [1.82, 2.24) is 4.98 Å². The van der Waals surface area contributed by atoms with E-state index in [-0.39, 0.29) is 20.1 Å². The molecule has 0 fully saturated rings. The second-order valence-electron chi connectivity index (χ2n) is 16.9. The summed E-state index contributed by atoms with van der Waals surface area (Å²) in [7, 11) is 0. The Balaban J connectivity index is 1.11. The van der Waals surface area contributed by atoms with Crippen LogP contribution in [0.25, 0.3) is 0 Å². The Morgan fingerprint density at radius 3 is 1.24 bits per heavy atom. The number of hydrogen-bond acceptors (Lipinski definition) is 7. The number of benzene rings is 8. The first kappa shape index (κ1) is 33.6. The van der Waals surface area contributed by atoms with Crippen LogP contribution in [0, 0.1) is 0 Å². The van der Waals surface area contributed by atoms with Gasteiger partial charge in [0.25, 0.3) is 20.1 Å². The van der Waals surface area contributed by atoms with Crippen molar-refractivity contribution in [1.29, 1.82) is 0 Å². The van der Waals surface area contributed by atoms with Crippen LogP contribution in [0.3, 0.4) is 0 Å². The largest absolute Gasteiger partial charge is 0.459 e. The molecule has 63 heavy (non-hydrogen) atoms. The fourth-order valence-corrected chi connectivity index (χ4v) is 11.3. The normalized spacial score (nSPS) is 14.4. The number of anilines is 6. The predicted octanol–water partition coefficient (Wildman–Crippen LogP) is 6.62. The van der Waals surface area contributed by atoms with Crippen LogP contribution in [0.4, 0.5) is 34.3 Å². The molecule has 1 aromatic heterocycles. The van der Waals surface area contributed by atoms with Crippen LogP contribution in [0.1, 0.15) is 0 Å². The van der Waals surface area contributed by atoms with Crippen molar-refractivity contribution < 1.29 is 18.9 Å². The zero-order valence-corrected chi connectivity index (χ0v) is 33.5. The van der Waals surface area contributed by atoms with Crippen molar-refractivity contribution in [3.05, 3.63) is 182 Å². The molecule has 9 aromatic rings. The lowest BCUT2D eigenvalue weighted by atomic mass is 9.29. The van der Waals surface area contributed by atoms with Crippen LogP contribution >= 0.6 is 0 Å². The lowest BCUT2D eigenvalue weighted by Gasteiger charge is -2.46. The van der Waals surface area contributed by atoms with E-state index >= 15 is 0 Å². The van der Waals surface area contributed by atoms with Gasteiger partial charge in [0.2, 0.25) is 0 Å². The molecular weight excluding hydrogens is 775 g/mol. The fourth-order valence-electron chi connectivity index (χ4n) is 11.3. The van der Waals surface area contributed by atoms with E-state index in [4.69, 9.17) is 23.9 Å². The second kappa shape index (κ2) is 12.3. The van der Waals surface area contributed by atoms with Crippen LogP contribution < -0.4 is 77.9 Å². The average molecular weight is 805 g/mol. The van der Waals surface area contributed by atoms with Gasteiger partial charge in [0.1, 0.15) is 51.8 Å². The van der Waals surface area contributed by atoms with Gasteiger partial charge < -0.3 is 23.8 Å². The average Bonchev–Trinajstić information content (AvgIpc) is 3.34. The summed E-state index contributed by atoms with van der Waals surface area (Å²) in [5, 5.41) is 0.